The smallest absolute Gasteiger partial charge is 0.264 e. The van der Waals surface area contributed by atoms with E-state index >= 15 is 0 Å². The maximum atomic E-state index is 12.8. The van der Waals surface area contributed by atoms with Crippen molar-refractivity contribution in [3.05, 3.63) is 88.1 Å². The molecule has 0 aliphatic heterocycles. The van der Waals surface area contributed by atoms with E-state index in [4.69, 9.17) is 11.6 Å². The summed E-state index contributed by atoms with van der Waals surface area (Å²) in [5, 5.41) is 5.17. The first-order chi connectivity index (χ1) is 14.0. The Bertz CT molecular complexity index is 1230. The highest BCUT2D eigenvalue weighted by atomic mass is 35.5. The van der Waals surface area contributed by atoms with Gasteiger partial charge in [0.25, 0.3) is 5.56 Å². The predicted octanol–water partition coefficient (Wildman–Crippen LogP) is 2.89. The fraction of sp³-hybridized carbons (Fsp3) is 0.143. The normalized spacial score (nSPS) is 11.0. The molecule has 0 unspecified atom stereocenters. The minimum Gasteiger partial charge on any atom is -0.340 e. The Morgan fingerprint density at radius 1 is 1.14 bits per heavy atom. The first kappa shape index (κ1) is 18.9. The maximum Gasteiger partial charge on any atom is 0.264 e. The number of halogens is 1. The first-order valence-electron chi connectivity index (χ1n) is 9.00. The lowest BCUT2D eigenvalue weighted by atomic mass is 10.2. The fourth-order valence-corrected chi connectivity index (χ4v) is 3.25. The molecule has 0 fully saturated rings. The number of likely N-dealkylation sites (N-methyl/N-ethyl adjacent to an activating group) is 1. The van der Waals surface area contributed by atoms with Crippen LogP contribution in [0.1, 0.15) is 5.56 Å². The highest BCUT2D eigenvalue weighted by Gasteiger charge is 2.15. The van der Waals surface area contributed by atoms with Crippen molar-refractivity contribution in [2.45, 2.75) is 13.1 Å². The summed E-state index contributed by atoms with van der Waals surface area (Å²) in [6.07, 6.45) is 2.84. The molecular formula is C21H18ClN5O2. The second-order valence-electron chi connectivity index (χ2n) is 6.69. The molecule has 1 amide bonds. The van der Waals surface area contributed by atoms with Gasteiger partial charge in [-0.25, -0.2) is 9.67 Å². The number of carbonyl (C=O) groups excluding carboxylic acids is 1. The van der Waals surface area contributed by atoms with E-state index in [1.165, 1.54) is 17.1 Å². The van der Waals surface area contributed by atoms with Gasteiger partial charge in [0.05, 0.1) is 11.9 Å². The average Bonchev–Trinajstić information content (AvgIpc) is 3.15. The molecule has 2 aromatic carbocycles. The minimum atomic E-state index is -0.315. The van der Waals surface area contributed by atoms with Crippen LogP contribution in [0.15, 0.2) is 71.9 Å². The fourth-order valence-electron chi connectivity index (χ4n) is 3.07. The minimum absolute atomic E-state index is 0.0898. The lowest BCUT2D eigenvalue weighted by Gasteiger charge is -2.17. The van der Waals surface area contributed by atoms with Gasteiger partial charge in [-0.3, -0.25) is 14.2 Å². The second-order valence-corrected chi connectivity index (χ2v) is 7.12. The van der Waals surface area contributed by atoms with Crippen LogP contribution in [0.3, 0.4) is 0 Å². The third-order valence-electron chi connectivity index (χ3n) is 4.60. The number of benzene rings is 2. The van der Waals surface area contributed by atoms with Gasteiger partial charge in [-0.2, -0.15) is 5.10 Å². The molecule has 29 heavy (non-hydrogen) atoms. The van der Waals surface area contributed by atoms with Crippen LogP contribution in [0, 0.1) is 0 Å². The van der Waals surface area contributed by atoms with Gasteiger partial charge in [0, 0.05) is 18.6 Å². The van der Waals surface area contributed by atoms with Gasteiger partial charge in [-0.05, 0) is 23.8 Å². The zero-order valence-electron chi connectivity index (χ0n) is 15.7. The Labute approximate surface area is 171 Å². The van der Waals surface area contributed by atoms with Crippen molar-refractivity contribution in [2.75, 3.05) is 7.05 Å². The Morgan fingerprint density at radius 3 is 2.69 bits per heavy atom. The van der Waals surface area contributed by atoms with Crippen LogP contribution >= 0.6 is 11.6 Å². The summed E-state index contributed by atoms with van der Waals surface area (Å²) in [6.45, 7) is 0.379. The average molecular weight is 408 g/mol. The van der Waals surface area contributed by atoms with Crippen molar-refractivity contribution in [3.8, 4) is 5.69 Å². The largest absolute Gasteiger partial charge is 0.340 e. The summed E-state index contributed by atoms with van der Waals surface area (Å²) >= 11 is 6.04. The van der Waals surface area contributed by atoms with E-state index in [2.05, 4.69) is 10.1 Å². The van der Waals surface area contributed by atoms with Gasteiger partial charge in [0.2, 0.25) is 5.91 Å². The molecule has 2 heterocycles. The monoisotopic (exact) mass is 407 g/mol. The van der Waals surface area contributed by atoms with Crippen molar-refractivity contribution in [3.63, 3.8) is 0 Å². The summed E-state index contributed by atoms with van der Waals surface area (Å²) in [5.74, 6) is -0.181. The summed E-state index contributed by atoms with van der Waals surface area (Å²) in [6, 6.07) is 16.8. The van der Waals surface area contributed by atoms with Gasteiger partial charge >= 0.3 is 0 Å². The van der Waals surface area contributed by atoms with Crippen LogP contribution in [0.25, 0.3) is 16.7 Å². The third-order valence-corrected chi connectivity index (χ3v) is 4.84. The van der Waals surface area contributed by atoms with E-state index in [1.54, 1.807) is 34.8 Å². The van der Waals surface area contributed by atoms with Crippen molar-refractivity contribution in [2.24, 2.45) is 0 Å². The summed E-state index contributed by atoms with van der Waals surface area (Å²) < 4.78 is 2.85. The van der Waals surface area contributed by atoms with Crippen LogP contribution in [0.4, 0.5) is 0 Å². The molecule has 0 saturated heterocycles. The van der Waals surface area contributed by atoms with Crippen molar-refractivity contribution >= 4 is 28.5 Å². The highest BCUT2D eigenvalue weighted by Crippen LogP contribution is 2.17. The number of hydrogen-bond acceptors (Lipinski definition) is 4. The quantitative estimate of drug-likeness (QED) is 0.510. The van der Waals surface area contributed by atoms with Crippen LogP contribution in [0.2, 0.25) is 5.02 Å². The number of fused-ring (bicyclic) bond motifs is 1. The molecular weight excluding hydrogens is 390 g/mol. The van der Waals surface area contributed by atoms with E-state index in [0.717, 1.165) is 5.56 Å². The first-order valence-corrected chi connectivity index (χ1v) is 9.38. The van der Waals surface area contributed by atoms with Gasteiger partial charge in [-0.15, -0.1) is 0 Å². The lowest BCUT2D eigenvalue weighted by Crippen LogP contribution is -2.33. The number of amides is 1. The molecule has 0 bridgehead atoms. The van der Waals surface area contributed by atoms with E-state index in [1.807, 2.05) is 36.4 Å². The van der Waals surface area contributed by atoms with Crippen LogP contribution in [0.5, 0.6) is 0 Å². The lowest BCUT2D eigenvalue weighted by molar-refractivity contribution is -0.131. The molecule has 4 rings (SSSR count). The standard InChI is InChI=1S/C21H18ClN5O2/c1-25(12-15-6-3-2-4-7-15)19(28)13-26-14-23-20-18(21(26)29)11-24-27(20)17-9-5-8-16(22)10-17/h2-11,14H,12-13H2,1H3. The molecule has 0 atom stereocenters. The van der Waals surface area contributed by atoms with Gasteiger partial charge < -0.3 is 4.90 Å². The second kappa shape index (κ2) is 7.89. The van der Waals surface area contributed by atoms with Crippen LogP contribution < -0.4 is 5.56 Å². The molecule has 0 spiro atoms. The van der Waals surface area contributed by atoms with E-state index in [9.17, 15) is 9.59 Å². The number of rotatable bonds is 5. The number of hydrogen-bond donors (Lipinski definition) is 0. The molecule has 7 nitrogen and oxygen atoms in total. The number of nitrogens with zero attached hydrogens (tertiary/aromatic N) is 5. The Kier molecular flexibility index (Phi) is 5.14. The summed E-state index contributed by atoms with van der Waals surface area (Å²) in [5.41, 5.74) is 1.83. The maximum absolute atomic E-state index is 12.8. The predicted molar refractivity (Wildman–Crippen MR) is 111 cm³/mol. The van der Waals surface area contributed by atoms with Gasteiger partial charge in [-0.1, -0.05) is 48.0 Å². The number of carbonyl (C=O) groups is 1. The zero-order valence-corrected chi connectivity index (χ0v) is 16.5. The van der Waals surface area contributed by atoms with Gasteiger partial charge in [0.1, 0.15) is 18.3 Å². The van der Waals surface area contributed by atoms with E-state index in [0.29, 0.717) is 28.3 Å². The van der Waals surface area contributed by atoms with E-state index < -0.39 is 0 Å². The Balaban J connectivity index is 1.58. The number of aromatic nitrogens is 4. The van der Waals surface area contributed by atoms with Crippen molar-refractivity contribution in [1.29, 1.82) is 0 Å². The third kappa shape index (κ3) is 3.90. The summed E-state index contributed by atoms with van der Waals surface area (Å²) in [4.78, 5) is 31.3. The van der Waals surface area contributed by atoms with Crippen molar-refractivity contribution < 1.29 is 4.79 Å². The highest BCUT2D eigenvalue weighted by molar-refractivity contribution is 6.30. The topological polar surface area (TPSA) is 73.0 Å². The molecule has 0 N–H and O–H groups in total. The van der Waals surface area contributed by atoms with Gasteiger partial charge in [0.15, 0.2) is 5.65 Å². The molecule has 0 saturated carbocycles. The Morgan fingerprint density at radius 2 is 1.93 bits per heavy atom. The van der Waals surface area contributed by atoms with Crippen LogP contribution in [-0.4, -0.2) is 37.2 Å². The van der Waals surface area contributed by atoms with Crippen LogP contribution in [-0.2, 0) is 17.9 Å². The molecule has 0 aliphatic carbocycles. The molecule has 146 valence electrons. The molecule has 0 aliphatic rings. The SMILES string of the molecule is CN(Cc1ccccc1)C(=O)Cn1cnc2c(cnn2-c2cccc(Cl)c2)c1=O. The molecule has 2 aromatic heterocycles. The Hall–Kier alpha value is -3.45. The summed E-state index contributed by atoms with van der Waals surface area (Å²) in [7, 11) is 1.71. The molecule has 4 aromatic rings. The molecule has 0 radical (unpaired) electrons. The van der Waals surface area contributed by atoms with Crippen molar-refractivity contribution in [1.82, 2.24) is 24.2 Å². The zero-order chi connectivity index (χ0) is 20.4. The molecule has 8 heteroatoms. The van der Waals surface area contributed by atoms with E-state index in [-0.39, 0.29) is 18.0 Å².